The van der Waals surface area contributed by atoms with Crippen molar-refractivity contribution in [1.82, 2.24) is 14.3 Å². The monoisotopic (exact) mass is 491 g/mol. The molecule has 178 valence electrons. The Morgan fingerprint density at radius 1 is 0.861 bits per heavy atom. The number of anilines is 1. The Morgan fingerprint density at radius 2 is 1.53 bits per heavy atom. The van der Waals surface area contributed by atoms with Crippen LogP contribution in [0.15, 0.2) is 84.9 Å². The Kier molecular flexibility index (Phi) is 5.85. The van der Waals surface area contributed by atoms with Gasteiger partial charge in [0.1, 0.15) is 11.9 Å². The van der Waals surface area contributed by atoms with E-state index >= 15 is 0 Å². The molecule has 1 fully saturated rings. The Balaban J connectivity index is 1.36. The van der Waals surface area contributed by atoms with Crippen LogP contribution >= 0.6 is 11.6 Å². The number of imidazole rings is 1. The first-order valence-electron chi connectivity index (χ1n) is 12.2. The molecule has 3 aromatic carbocycles. The van der Waals surface area contributed by atoms with Gasteiger partial charge in [-0.25, -0.2) is 4.98 Å². The molecule has 2 aromatic heterocycles. The molecule has 1 atom stereocenters. The normalized spacial score (nSPS) is 15.3. The third kappa shape index (κ3) is 3.89. The zero-order valence-corrected chi connectivity index (χ0v) is 20.9. The van der Waals surface area contributed by atoms with Crippen LogP contribution in [0.5, 0.6) is 0 Å². The lowest BCUT2D eigenvalue weighted by Gasteiger charge is -2.41. The summed E-state index contributed by atoms with van der Waals surface area (Å²) >= 11 is 6.20. The molecular formula is C30H26ClN5. The molecule has 3 heterocycles. The van der Waals surface area contributed by atoms with Gasteiger partial charge in [0, 0.05) is 31.2 Å². The van der Waals surface area contributed by atoms with Crippen molar-refractivity contribution in [3.63, 3.8) is 0 Å². The van der Waals surface area contributed by atoms with Crippen LogP contribution in [-0.4, -0.2) is 40.5 Å². The van der Waals surface area contributed by atoms with E-state index < -0.39 is 0 Å². The second-order valence-corrected chi connectivity index (χ2v) is 9.76. The second kappa shape index (κ2) is 9.31. The summed E-state index contributed by atoms with van der Waals surface area (Å²) in [5.41, 5.74) is 6.80. The molecule has 1 aliphatic rings. The van der Waals surface area contributed by atoms with Crippen LogP contribution in [0.2, 0.25) is 5.02 Å². The number of pyridine rings is 1. The van der Waals surface area contributed by atoms with Crippen LogP contribution < -0.4 is 4.90 Å². The fraction of sp³-hybridized carbons (Fsp3) is 0.200. The van der Waals surface area contributed by atoms with Gasteiger partial charge in [-0.05, 0) is 53.9 Å². The SMILES string of the molecule is Cc1cc(N2CCN(C(c3ccccc3)c3ccc(Cl)cc3)CC2)n2c(nc3ccccc32)c1C#N. The van der Waals surface area contributed by atoms with Crippen LogP contribution in [0.25, 0.3) is 16.7 Å². The van der Waals surface area contributed by atoms with Crippen molar-refractivity contribution in [2.24, 2.45) is 0 Å². The zero-order valence-electron chi connectivity index (χ0n) is 20.1. The molecule has 36 heavy (non-hydrogen) atoms. The number of fused-ring (bicyclic) bond motifs is 3. The third-order valence-corrected chi connectivity index (χ3v) is 7.42. The Bertz CT molecular complexity index is 1580. The van der Waals surface area contributed by atoms with E-state index in [2.05, 4.69) is 74.9 Å². The summed E-state index contributed by atoms with van der Waals surface area (Å²) in [6.45, 7) is 5.59. The van der Waals surface area contributed by atoms with Crippen LogP contribution in [0.4, 0.5) is 5.82 Å². The van der Waals surface area contributed by atoms with Crippen molar-refractivity contribution in [2.75, 3.05) is 31.1 Å². The van der Waals surface area contributed by atoms with Gasteiger partial charge in [0.15, 0.2) is 5.65 Å². The topological polar surface area (TPSA) is 47.6 Å². The van der Waals surface area contributed by atoms with Gasteiger partial charge < -0.3 is 4.90 Å². The summed E-state index contributed by atoms with van der Waals surface area (Å²) in [7, 11) is 0. The second-order valence-electron chi connectivity index (χ2n) is 9.32. The number of hydrogen-bond acceptors (Lipinski definition) is 4. The zero-order chi connectivity index (χ0) is 24.6. The number of nitrogens with zero attached hydrogens (tertiary/aromatic N) is 5. The maximum atomic E-state index is 9.84. The van der Waals surface area contributed by atoms with Crippen molar-refractivity contribution in [3.8, 4) is 6.07 Å². The minimum absolute atomic E-state index is 0.169. The molecule has 0 saturated carbocycles. The minimum Gasteiger partial charge on any atom is -0.355 e. The molecular weight excluding hydrogens is 466 g/mol. The van der Waals surface area contributed by atoms with Crippen molar-refractivity contribution in [1.29, 1.82) is 5.26 Å². The standard InChI is InChI=1S/C30H26ClN5/c1-21-19-28(36-27-10-6-5-9-26(27)33-30(36)25(21)20-32)34-15-17-35(18-16-34)29(22-7-3-2-4-8-22)23-11-13-24(31)14-12-23/h2-14,19,29H,15-18H2,1H3. The van der Waals surface area contributed by atoms with Gasteiger partial charge >= 0.3 is 0 Å². The van der Waals surface area contributed by atoms with Gasteiger partial charge in [-0.1, -0.05) is 66.2 Å². The highest BCUT2D eigenvalue weighted by atomic mass is 35.5. The number of hydrogen-bond donors (Lipinski definition) is 0. The molecule has 0 bridgehead atoms. The van der Waals surface area contributed by atoms with Crippen molar-refractivity contribution in [3.05, 3.63) is 112 Å². The highest BCUT2D eigenvalue weighted by Crippen LogP contribution is 2.33. The number of piperazine rings is 1. The lowest BCUT2D eigenvalue weighted by molar-refractivity contribution is 0.212. The van der Waals surface area contributed by atoms with Gasteiger partial charge in [-0.2, -0.15) is 5.26 Å². The average Bonchev–Trinajstić information content (AvgIpc) is 3.30. The first-order chi connectivity index (χ1) is 17.6. The van der Waals surface area contributed by atoms with Crippen molar-refractivity contribution < 1.29 is 0 Å². The fourth-order valence-corrected chi connectivity index (χ4v) is 5.53. The molecule has 6 rings (SSSR count). The van der Waals surface area contributed by atoms with E-state index in [4.69, 9.17) is 16.6 Å². The van der Waals surface area contributed by atoms with Crippen molar-refractivity contribution >= 4 is 34.1 Å². The van der Waals surface area contributed by atoms with Crippen LogP contribution in [0, 0.1) is 18.3 Å². The lowest BCUT2D eigenvalue weighted by Crippen LogP contribution is -2.48. The number of benzene rings is 3. The van der Waals surface area contributed by atoms with E-state index in [-0.39, 0.29) is 6.04 Å². The molecule has 1 aliphatic heterocycles. The summed E-state index contributed by atoms with van der Waals surface area (Å²) in [6, 6.07) is 31.7. The van der Waals surface area contributed by atoms with Gasteiger partial charge in [0.25, 0.3) is 0 Å². The van der Waals surface area contributed by atoms with E-state index in [0.29, 0.717) is 5.56 Å². The third-order valence-electron chi connectivity index (χ3n) is 7.17. The molecule has 5 aromatic rings. The summed E-state index contributed by atoms with van der Waals surface area (Å²) in [5.74, 6) is 1.10. The Morgan fingerprint density at radius 3 is 2.25 bits per heavy atom. The quantitative estimate of drug-likeness (QED) is 0.299. The first kappa shape index (κ1) is 22.6. The maximum absolute atomic E-state index is 9.84. The molecule has 6 heteroatoms. The van der Waals surface area contributed by atoms with E-state index in [1.165, 1.54) is 11.1 Å². The fourth-order valence-electron chi connectivity index (χ4n) is 5.41. The van der Waals surface area contributed by atoms with E-state index in [1.54, 1.807) is 0 Å². The molecule has 0 spiro atoms. The van der Waals surface area contributed by atoms with Crippen LogP contribution in [0.3, 0.4) is 0 Å². The summed E-state index contributed by atoms with van der Waals surface area (Å²) in [6.07, 6.45) is 0. The van der Waals surface area contributed by atoms with Crippen LogP contribution in [-0.2, 0) is 0 Å². The van der Waals surface area contributed by atoms with E-state index in [9.17, 15) is 5.26 Å². The predicted octanol–water partition coefficient (Wildman–Crippen LogP) is 6.23. The van der Waals surface area contributed by atoms with E-state index in [0.717, 1.165) is 59.3 Å². The molecule has 1 unspecified atom stereocenters. The van der Waals surface area contributed by atoms with Gasteiger partial charge in [-0.15, -0.1) is 0 Å². The van der Waals surface area contributed by atoms with Crippen molar-refractivity contribution in [2.45, 2.75) is 13.0 Å². The van der Waals surface area contributed by atoms with Crippen LogP contribution in [0.1, 0.15) is 28.3 Å². The number of para-hydroxylation sites is 2. The maximum Gasteiger partial charge on any atom is 0.157 e. The first-order valence-corrected chi connectivity index (χ1v) is 12.6. The predicted molar refractivity (Wildman–Crippen MR) is 146 cm³/mol. The molecule has 1 saturated heterocycles. The van der Waals surface area contributed by atoms with Gasteiger partial charge in [0.05, 0.1) is 22.6 Å². The number of nitriles is 1. The smallest absolute Gasteiger partial charge is 0.157 e. The average molecular weight is 492 g/mol. The Hall–Kier alpha value is -3.85. The molecule has 0 radical (unpaired) electrons. The number of rotatable bonds is 4. The molecule has 0 amide bonds. The Labute approximate surface area is 215 Å². The summed E-state index contributed by atoms with van der Waals surface area (Å²) in [5, 5.41) is 10.6. The van der Waals surface area contributed by atoms with Gasteiger partial charge in [0.2, 0.25) is 0 Å². The lowest BCUT2D eigenvalue weighted by atomic mass is 9.96. The highest BCUT2D eigenvalue weighted by molar-refractivity contribution is 6.30. The minimum atomic E-state index is 0.169. The summed E-state index contributed by atoms with van der Waals surface area (Å²) in [4.78, 5) is 9.80. The van der Waals surface area contributed by atoms with Gasteiger partial charge in [-0.3, -0.25) is 9.30 Å². The summed E-state index contributed by atoms with van der Waals surface area (Å²) < 4.78 is 2.16. The highest BCUT2D eigenvalue weighted by Gasteiger charge is 2.28. The molecule has 0 N–H and O–H groups in total. The molecule has 5 nitrogen and oxygen atoms in total. The largest absolute Gasteiger partial charge is 0.355 e. The van der Waals surface area contributed by atoms with E-state index in [1.807, 2.05) is 37.3 Å². The number of halogens is 1. The number of aryl methyl sites for hydroxylation is 1. The molecule has 0 aliphatic carbocycles. The number of aromatic nitrogens is 2.